The zero-order chi connectivity index (χ0) is 13.3. The van der Waals surface area contributed by atoms with Gasteiger partial charge in [-0.1, -0.05) is 5.92 Å². The molecule has 0 spiro atoms. The number of rotatable bonds is 5. The van der Waals surface area contributed by atoms with Gasteiger partial charge in [-0.3, -0.25) is 0 Å². The summed E-state index contributed by atoms with van der Waals surface area (Å²) in [5.74, 6) is 2.92. The van der Waals surface area contributed by atoms with Gasteiger partial charge in [0.15, 0.2) is 0 Å². The maximum atomic E-state index is 12.5. The third kappa shape index (κ3) is 2.97. The molecular formula is C12H14BrNO2S2. The maximum Gasteiger partial charge on any atom is 0.245 e. The van der Waals surface area contributed by atoms with Gasteiger partial charge in [0.05, 0.1) is 15.2 Å². The summed E-state index contributed by atoms with van der Waals surface area (Å²) in [6.45, 7) is 2.50. The van der Waals surface area contributed by atoms with Crippen molar-refractivity contribution in [3.8, 4) is 12.3 Å². The second kappa shape index (κ2) is 5.33. The van der Waals surface area contributed by atoms with Crippen molar-refractivity contribution < 1.29 is 8.42 Å². The van der Waals surface area contributed by atoms with Gasteiger partial charge >= 0.3 is 0 Å². The van der Waals surface area contributed by atoms with Gasteiger partial charge in [-0.15, -0.1) is 17.8 Å². The van der Waals surface area contributed by atoms with Crippen molar-refractivity contribution in [3.63, 3.8) is 0 Å². The summed E-state index contributed by atoms with van der Waals surface area (Å²) in [5, 5.41) is 0. The van der Waals surface area contributed by atoms with Crippen LogP contribution in [0, 0.1) is 25.2 Å². The van der Waals surface area contributed by atoms with E-state index < -0.39 is 10.0 Å². The van der Waals surface area contributed by atoms with Crippen molar-refractivity contribution >= 4 is 37.3 Å². The van der Waals surface area contributed by atoms with Crippen LogP contribution >= 0.6 is 27.3 Å². The molecule has 0 N–H and O–H groups in total. The molecule has 1 aliphatic carbocycles. The molecular weight excluding hydrogens is 334 g/mol. The highest BCUT2D eigenvalue weighted by atomic mass is 79.9. The van der Waals surface area contributed by atoms with E-state index in [1.165, 1.54) is 15.6 Å². The summed E-state index contributed by atoms with van der Waals surface area (Å²) in [5.41, 5.74) is 0. The highest BCUT2D eigenvalue weighted by Gasteiger charge is 2.32. The molecule has 3 nitrogen and oxygen atoms in total. The number of sulfonamides is 1. The Morgan fingerprint density at radius 2 is 2.28 bits per heavy atom. The first-order chi connectivity index (χ1) is 8.45. The van der Waals surface area contributed by atoms with Gasteiger partial charge in [-0.2, -0.15) is 4.31 Å². The molecule has 1 heterocycles. The number of thiophene rings is 1. The molecule has 0 saturated heterocycles. The molecule has 1 aromatic heterocycles. The fourth-order valence-electron chi connectivity index (χ4n) is 1.76. The summed E-state index contributed by atoms with van der Waals surface area (Å²) in [4.78, 5) is 1.16. The Labute approximate surface area is 120 Å². The molecule has 1 saturated carbocycles. The molecule has 0 aromatic carbocycles. The maximum absolute atomic E-state index is 12.5. The van der Waals surface area contributed by atoms with Crippen LogP contribution in [0.1, 0.15) is 17.7 Å². The van der Waals surface area contributed by atoms with Crippen LogP contribution in [-0.2, 0) is 10.0 Å². The molecule has 6 heteroatoms. The summed E-state index contributed by atoms with van der Waals surface area (Å²) < 4.78 is 27.3. The number of hydrogen-bond donors (Lipinski definition) is 0. The van der Waals surface area contributed by atoms with E-state index in [4.69, 9.17) is 6.42 Å². The van der Waals surface area contributed by atoms with E-state index in [0.29, 0.717) is 17.4 Å². The molecule has 18 heavy (non-hydrogen) atoms. The van der Waals surface area contributed by atoms with Crippen LogP contribution < -0.4 is 0 Å². The third-order valence-corrected chi connectivity index (χ3v) is 6.51. The van der Waals surface area contributed by atoms with Crippen LogP contribution in [0.2, 0.25) is 0 Å². The first-order valence-corrected chi connectivity index (χ1v) is 8.69. The lowest BCUT2D eigenvalue weighted by atomic mass is 10.4. The average molecular weight is 348 g/mol. The Morgan fingerprint density at radius 1 is 1.61 bits per heavy atom. The molecule has 98 valence electrons. The van der Waals surface area contributed by atoms with Gasteiger partial charge in [0.25, 0.3) is 0 Å². The van der Waals surface area contributed by atoms with E-state index in [0.717, 1.165) is 21.5 Å². The molecule has 1 aliphatic rings. The molecule has 0 unspecified atom stereocenters. The Kier molecular flexibility index (Phi) is 4.17. The van der Waals surface area contributed by atoms with Crippen LogP contribution in [-0.4, -0.2) is 25.8 Å². The first-order valence-electron chi connectivity index (χ1n) is 5.64. The van der Waals surface area contributed by atoms with E-state index in [9.17, 15) is 8.42 Å². The largest absolute Gasteiger partial charge is 0.245 e. The minimum atomic E-state index is -3.46. The third-order valence-electron chi connectivity index (χ3n) is 2.89. The summed E-state index contributed by atoms with van der Waals surface area (Å²) in [6, 6.07) is 1.66. The van der Waals surface area contributed by atoms with E-state index in [1.54, 1.807) is 6.07 Å². The minimum Gasteiger partial charge on any atom is -0.207 e. The predicted octanol–water partition coefficient (Wildman–Crippen LogP) is 2.85. The Morgan fingerprint density at radius 3 is 2.72 bits per heavy atom. The van der Waals surface area contributed by atoms with Gasteiger partial charge < -0.3 is 0 Å². The average Bonchev–Trinajstić information content (AvgIpc) is 3.02. The number of hydrogen-bond acceptors (Lipinski definition) is 3. The van der Waals surface area contributed by atoms with E-state index in [1.807, 2.05) is 6.92 Å². The van der Waals surface area contributed by atoms with Crippen LogP contribution in [0.25, 0.3) is 0 Å². The van der Waals surface area contributed by atoms with E-state index >= 15 is 0 Å². The van der Waals surface area contributed by atoms with Crippen molar-refractivity contribution in [1.29, 1.82) is 0 Å². The molecule has 0 aliphatic heterocycles. The summed E-state index contributed by atoms with van der Waals surface area (Å²) in [6.07, 6.45) is 7.48. The highest BCUT2D eigenvalue weighted by Crippen LogP contribution is 2.34. The number of terminal acetylenes is 1. The van der Waals surface area contributed by atoms with Gasteiger partial charge in [0.2, 0.25) is 10.0 Å². The van der Waals surface area contributed by atoms with Crippen LogP contribution in [0.4, 0.5) is 0 Å². The monoisotopic (exact) mass is 347 g/mol. The highest BCUT2D eigenvalue weighted by molar-refractivity contribution is 9.11. The smallest absolute Gasteiger partial charge is 0.207 e. The fraction of sp³-hybridized carbons (Fsp3) is 0.500. The zero-order valence-electron chi connectivity index (χ0n) is 10.0. The molecule has 1 fully saturated rings. The molecule has 0 amide bonds. The second-order valence-electron chi connectivity index (χ2n) is 4.42. The lowest BCUT2D eigenvalue weighted by Crippen LogP contribution is -2.33. The van der Waals surface area contributed by atoms with E-state index in [2.05, 4.69) is 21.9 Å². The topological polar surface area (TPSA) is 37.4 Å². The number of halogens is 1. The Bertz CT molecular complexity index is 582. The van der Waals surface area contributed by atoms with Crippen LogP contribution in [0.5, 0.6) is 0 Å². The Hall–Kier alpha value is -0.350. The van der Waals surface area contributed by atoms with E-state index in [-0.39, 0.29) is 6.54 Å². The van der Waals surface area contributed by atoms with Gasteiger partial charge in [0, 0.05) is 11.4 Å². The molecule has 0 radical (unpaired) electrons. The normalized spacial score (nSPS) is 15.9. The minimum absolute atomic E-state index is 0.145. The summed E-state index contributed by atoms with van der Waals surface area (Å²) >= 11 is 4.75. The first kappa shape index (κ1) is 14.1. The van der Waals surface area contributed by atoms with Gasteiger partial charge in [0.1, 0.15) is 0 Å². The number of aryl methyl sites for hydroxylation is 1. The molecule has 1 aromatic rings. The van der Waals surface area contributed by atoms with Crippen molar-refractivity contribution in [2.45, 2.75) is 24.7 Å². The zero-order valence-corrected chi connectivity index (χ0v) is 13.2. The fourth-order valence-corrected chi connectivity index (χ4v) is 5.58. The van der Waals surface area contributed by atoms with Crippen LogP contribution in [0.3, 0.4) is 0 Å². The second-order valence-corrected chi connectivity index (χ2v) is 8.96. The van der Waals surface area contributed by atoms with Crippen LogP contribution in [0.15, 0.2) is 14.7 Å². The van der Waals surface area contributed by atoms with Crippen molar-refractivity contribution in [3.05, 3.63) is 14.7 Å². The molecule has 0 atom stereocenters. The lowest BCUT2D eigenvalue weighted by Gasteiger charge is -2.19. The molecule has 2 rings (SSSR count). The predicted molar refractivity (Wildman–Crippen MR) is 77.1 cm³/mol. The molecule has 0 bridgehead atoms. The van der Waals surface area contributed by atoms with Crippen molar-refractivity contribution in [1.82, 2.24) is 4.31 Å². The van der Waals surface area contributed by atoms with Crippen molar-refractivity contribution in [2.75, 3.05) is 13.1 Å². The summed E-state index contributed by atoms with van der Waals surface area (Å²) in [7, 11) is -3.46. The van der Waals surface area contributed by atoms with Gasteiger partial charge in [-0.25, -0.2) is 8.42 Å². The quantitative estimate of drug-likeness (QED) is 0.768. The lowest BCUT2D eigenvalue weighted by molar-refractivity contribution is 0.430. The Balaban J connectivity index is 2.32. The SMILES string of the molecule is C#CCN(CC1CC1)S(=O)(=O)c1cc(Br)sc1C. The standard InChI is InChI=1S/C12H14BrNO2S2/c1-3-6-14(8-10-4-5-10)18(15,16)11-7-12(13)17-9(11)2/h1,7,10H,4-6,8H2,2H3. The number of nitrogens with zero attached hydrogens (tertiary/aromatic N) is 1. The van der Waals surface area contributed by atoms with Gasteiger partial charge in [-0.05, 0) is 47.7 Å². The van der Waals surface area contributed by atoms with Crippen molar-refractivity contribution in [2.24, 2.45) is 5.92 Å².